The Morgan fingerprint density at radius 2 is 1.86 bits per heavy atom. The normalized spacial score (nSPS) is 10.1. The average Bonchev–Trinajstić information content (AvgIpc) is 2.72. The van der Waals surface area contributed by atoms with Gasteiger partial charge in [-0.15, -0.1) is 0 Å². The fourth-order valence-corrected chi connectivity index (χ4v) is 2.47. The van der Waals surface area contributed by atoms with E-state index in [2.05, 4.69) is 5.32 Å². The molecule has 0 unspecified atom stereocenters. The van der Waals surface area contributed by atoms with Crippen LogP contribution in [0.3, 0.4) is 0 Å². The molecule has 2 aromatic carbocycles. The van der Waals surface area contributed by atoms with Gasteiger partial charge in [0.1, 0.15) is 5.75 Å². The lowest BCUT2D eigenvalue weighted by Gasteiger charge is -2.08. The van der Waals surface area contributed by atoms with E-state index in [9.17, 15) is 19.7 Å². The molecule has 0 saturated heterocycles. The maximum atomic E-state index is 12.1. The predicted molar refractivity (Wildman–Crippen MR) is 104 cm³/mol. The number of nitrogens with zero attached hydrogens (tertiary/aromatic N) is 1. The minimum Gasteiger partial charge on any atom is -0.497 e. The Morgan fingerprint density at radius 3 is 2.48 bits per heavy atom. The smallest absolute Gasteiger partial charge is 0.338 e. The van der Waals surface area contributed by atoms with E-state index < -0.39 is 23.4 Å². The summed E-state index contributed by atoms with van der Waals surface area (Å²) in [6.07, 6.45) is 0.606. The van der Waals surface area contributed by atoms with Gasteiger partial charge in [0.2, 0.25) is 0 Å². The number of ether oxygens (including phenoxy) is 3. The molecule has 0 aliphatic rings. The molecule has 1 amide bonds. The zero-order chi connectivity index (χ0) is 21.2. The summed E-state index contributed by atoms with van der Waals surface area (Å²) < 4.78 is 15.2. The second-order valence-electron chi connectivity index (χ2n) is 5.90. The Balaban J connectivity index is 1.82. The fourth-order valence-electron chi connectivity index (χ4n) is 2.47. The number of esters is 1. The number of carbonyl (C=O) groups is 2. The Hall–Kier alpha value is -3.62. The lowest BCUT2D eigenvalue weighted by molar-refractivity contribution is -0.385. The van der Waals surface area contributed by atoms with Gasteiger partial charge in [-0.25, -0.2) is 4.79 Å². The molecule has 0 heterocycles. The molecular formula is C20H22N2O7. The zero-order valence-electron chi connectivity index (χ0n) is 16.2. The second-order valence-corrected chi connectivity index (χ2v) is 5.90. The molecule has 29 heavy (non-hydrogen) atoms. The van der Waals surface area contributed by atoms with Gasteiger partial charge in [-0.05, 0) is 43.2 Å². The Morgan fingerprint density at radius 1 is 1.14 bits per heavy atom. The summed E-state index contributed by atoms with van der Waals surface area (Å²) >= 11 is 0. The molecule has 9 heteroatoms. The van der Waals surface area contributed by atoms with Crippen LogP contribution >= 0.6 is 0 Å². The van der Waals surface area contributed by atoms with E-state index in [0.717, 1.165) is 17.4 Å². The first-order valence-electron chi connectivity index (χ1n) is 8.92. The van der Waals surface area contributed by atoms with Gasteiger partial charge in [0.05, 0.1) is 24.2 Å². The number of methoxy groups -OCH3 is 1. The van der Waals surface area contributed by atoms with Crippen LogP contribution in [0.1, 0.15) is 22.8 Å². The van der Waals surface area contributed by atoms with Crippen LogP contribution in [0.15, 0.2) is 42.5 Å². The molecule has 1 N–H and O–H groups in total. The van der Waals surface area contributed by atoms with E-state index in [0.29, 0.717) is 13.0 Å². The minimum atomic E-state index is -0.832. The summed E-state index contributed by atoms with van der Waals surface area (Å²) in [7, 11) is 1.59. The summed E-state index contributed by atoms with van der Waals surface area (Å²) in [4.78, 5) is 34.4. The Kier molecular flexibility index (Phi) is 7.96. The molecule has 0 radical (unpaired) electrons. The SMILES string of the molecule is CCOc1ccc(C(=O)OCC(=O)NCCc2ccc(OC)cc2)cc1[N+](=O)[O-]. The highest BCUT2D eigenvalue weighted by Crippen LogP contribution is 2.28. The van der Waals surface area contributed by atoms with Gasteiger partial charge in [-0.3, -0.25) is 14.9 Å². The standard InChI is InChI=1S/C20H22N2O7/c1-3-28-18-9-6-15(12-17(18)22(25)26)20(24)29-13-19(23)21-11-10-14-4-7-16(27-2)8-5-14/h4-9,12H,3,10-11,13H2,1-2H3,(H,21,23). The molecule has 0 saturated carbocycles. The highest BCUT2D eigenvalue weighted by molar-refractivity contribution is 5.92. The average molecular weight is 402 g/mol. The monoisotopic (exact) mass is 402 g/mol. The molecule has 0 bridgehead atoms. The van der Waals surface area contributed by atoms with E-state index in [-0.39, 0.29) is 23.6 Å². The van der Waals surface area contributed by atoms with Gasteiger partial charge in [0.15, 0.2) is 12.4 Å². The van der Waals surface area contributed by atoms with E-state index in [1.54, 1.807) is 14.0 Å². The van der Waals surface area contributed by atoms with Crippen molar-refractivity contribution in [3.63, 3.8) is 0 Å². The van der Waals surface area contributed by atoms with Crippen LogP contribution in [0.4, 0.5) is 5.69 Å². The number of nitro groups is 1. The highest BCUT2D eigenvalue weighted by atomic mass is 16.6. The molecule has 0 spiro atoms. The highest BCUT2D eigenvalue weighted by Gasteiger charge is 2.19. The molecule has 2 aromatic rings. The number of amides is 1. The molecule has 0 aromatic heterocycles. The van der Waals surface area contributed by atoms with Crippen molar-refractivity contribution < 1.29 is 28.7 Å². The van der Waals surface area contributed by atoms with E-state index in [1.807, 2.05) is 24.3 Å². The van der Waals surface area contributed by atoms with Gasteiger partial charge in [-0.1, -0.05) is 12.1 Å². The third-order valence-corrected chi connectivity index (χ3v) is 3.92. The third-order valence-electron chi connectivity index (χ3n) is 3.92. The largest absolute Gasteiger partial charge is 0.497 e. The van der Waals surface area contributed by atoms with E-state index in [1.165, 1.54) is 12.1 Å². The van der Waals surface area contributed by atoms with Crippen LogP contribution in [-0.4, -0.2) is 43.7 Å². The van der Waals surface area contributed by atoms with Crippen molar-refractivity contribution in [1.82, 2.24) is 5.32 Å². The topological polar surface area (TPSA) is 117 Å². The lowest BCUT2D eigenvalue weighted by Crippen LogP contribution is -2.30. The summed E-state index contributed by atoms with van der Waals surface area (Å²) in [6.45, 7) is 1.83. The first kappa shape index (κ1) is 21.7. The van der Waals surface area contributed by atoms with Crippen molar-refractivity contribution in [2.75, 3.05) is 26.9 Å². The maximum absolute atomic E-state index is 12.1. The van der Waals surface area contributed by atoms with Crippen LogP contribution < -0.4 is 14.8 Å². The minimum absolute atomic E-state index is 0.0359. The van der Waals surface area contributed by atoms with Crippen LogP contribution in [0.5, 0.6) is 11.5 Å². The summed E-state index contributed by atoms with van der Waals surface area (Å²) in [5.41, 5.74) is 0.640. The fraction of sp³-hybridized carbons (Fsp3) is 0.300. The van der Waals surface area contributed by atoms with Crippen LogP contribution in [-0.2, 0) is 16.0 Å². The number of rotatable bonds is 10. The van der Waals surface area contributed by atoms with E-state index in [4.69, 9.17) is 14.2 Å². The first-order valence-corrected chi connectivity index (χ1v) is 8.92. The third kappa shape index (κ3) is 6.49. The van der Waals surface area contributed by atoms with Crippen molar-refractivity contribution in [1.29, 1.82) is 0 Å². The second kappa shape index (κ2) is 10.6. The maximum Gasteiger partial charge on any atom is 0.338 e. The van der Waals surface area contributed by atoms with E-state index >= 15 is 0 Å². The van der Waals surface area contributed by atoms with Crippen LogP contribution in [0, 0.1) is 10.1 Å². The molecule has 154 valence electrons. The predicted octanol–water partition coefficient (Wildman–Crippen LogP) is 2.52. The number of benzene rings is 2. The summed E-state index contributed by atoms with van der Waals surface area (Å²) in [5.74, 6) is -0.488. The molecule has 0 aliphatic heterocycles. The van der Waals surface area contributed by atoms with Crippen molar-refractivity contribution >= 4 is 17.6 Å². The number of nitro benzene ring substituents is 1. The quantitative estimate of drug-likeness (QED) is 0.369. The van der Waals surface area contributed by atoms with Crippen molar-refractivity contribution in [2.24, 2.45) is 0 Å². The van der Waals surface area contributed by atoms with Gasteiger partial charge in [0, 0.05) is 12.6 Å². The Bertz CT molecular complexity index is 866. The van der Waals surface area contributed by atoms with Crippen molar-refractivity contribution in [2.45, 2.75) is 13.3 Å². The zero-order valence-corrected chi connectivity index (χ0v) is 16.2. The Labute approximate surface area is 167 Å². The molecule has 0 aliphatic carbocycles. The van der Waals surface area contributed by atoms with Crippen molar-refractivity contribution in [3.05, 3.63) is 63.7 Å². The molecular weight excluding hydrogens is 380 g/mol. The van der Waals surface area contributed by atoms with Gasteiger partial charge in [0.25, 0.3) is 5.91 Å². The number of nitrogens with one attached hydrogen (secondary N) is 1. The van der Waals surface area contributed by atoms with Crippen LogP contribution in [0.25, 0.3) is 0 Å². The number of hydrogen-bond acceptors (Lipinski definition) is 7. The molecule has 2 rings (SSSR count). The first-order chi connectivity index (χ1) is 13.9. The van der Waals surface area contributed by atoms with Crippen molar-refractivity contribution in [3.8, 4) is 11.5 Å². The lowest BCUT2D eigenvalue weighted by atomic mass is 10.1. The molecule has 0 atom stereocenters. The summed E-state index contributed by atoms with van der Waals surface area (Å²) in [5, 5.41) is 13.8. The van der Waals surface area contributed by atoms with Gasteiger partial charge >= 0.3 is 11.7 Å². The van der Waals surface area contributed by atoms with Gasteiger partial charge < -0.3 is 19.5 Å². The molecule has 9 nitrogen and oxygen atoms in total. The molecule has 0 fully saturated rings. The van der Waals surface area contributed by atoms with Gasteiger partial charge in [-0.2, -0.15) is 0 Å². The number of carbonyl (C=O) groups excluding carboxylic acids is 2. The number of hydrogen-bond donors (Lipinski definition) is 1. The summed E-state index contributed by atoms with van der Waals surface area (Å²) in [6, 6.07) is 11.2. The van der Waals surface area contributed by atoms with Crippen LogP contribution in [0.2, 0.25) is 0 Å².